The summed E-state index contributed by atoms with van der Waals surface area (Å²) in [4.78, 5) is 2.00. The number of oxime groups is 1. The van der Waals surface area contributed by atoms with Crippen molar-refractivity contribution < 1.29 is 15.1 Å². The van der Waals surface area contributed by atoms with Gasteiger partial charge in [-0.15, -0.1) is 0 Å². The van der Waals surface area contributed by atoms with Gasteiger partial charge in [-0.2, -0.15) is 0 Å². The molecule has 0 radical (unpaired) electrons. The summed E-state index contributed by atoms with van der Waals surface area (Å²) in [7, 11) is 1.64. The Kier molecular flexibility index (Phi) is 5.96. The fourth-order valence-corrected chi connectivity index (χ4v) is 1.59. The van der Waals surface area contributed by atoms with Crippen molar-refractivity contribution in [3.8, 4) is 0 Å². The molecule has 4 N–H and O–H groups in total. The number of aliphatic hydroxyl groups is 1. The Morgan fingerprint density at radius 2 is 2.00 bits per heavy atom. The van der Waals surface area contributed by atoms with Crippen molar-refractivity contribution in [2.75, 3.05) is 38.3 Å². The minimum atomic E-state index is 0.0751. The number of amidine groups is 1. The smallest absolute Gasteiger partial charge is 0.170 e. The van der Waals surface area contributed by atoms with Gasteiger partial charge in [-0.25, -0.2) is 0 Å². The van der Waals surface area contributed by atoms with E-state index in [0.717, 1.165) is 5.69 Å². The molecule has 0 aliphatic carbocycles. The van der Waals surface area contributed by atoms with Gasteiger partial charge in [-0.1, -0.05) is 5.16 Å². The lowest BCUT2D eigenvalue weighted by Crippen LogP contribution is -2.30. The molecule has 0 spiro atoms. The molecule has 0 saturated carbocycles. The first kappa shape index (κ1) is 14.3. The van der Waals surface area contributed by atoms with Crippen LogP contribution in [0.3, 0.4) is 0 Å². The molecule has 0 amide bonds. The zero-order valence-corrected chi connectivity index (χ0v) is 10.4. The number of methoxy groups -OCH3 is 1. The number of hydrogen-bond acceptors (Lipinski definition) is 5. The quantitative estimate of drug-likeness (QED) is 0.280. The van der Waals surface area contributed by atoms with E-state index < -0.39 is 0 Å². The van der Waals surface area contributed by atoms with Gasteiger partial charge in [0.2, 0.25) is 0 Å². The van der Waals surface area contributed by atoms with E-state index in [-0.39, 0.29) is 12.4 Å². The van der Waals surface area contributed by atoms with E-state index in [2.05, 4.69) is 5.16 Å². The molecule has 1 aromatic carbocycles. The minimum Gasteiger partial charge on any atom is -0.409 e. The maximum absolute atomic E-state index is 9.02. The van der Waals surface area contributed by atoms with Crippen LogP contribution in [0.1, 0.15) is 5.56 Å². The third-order valence-corrected chi connectivity index (χ3v) is 2.57. The zero-order chi connectivity index (χ0) is 13.4. The van der Waals surface area contributed by atoms with Crippen LogP contribution >= 0.6 is 0 Å². The molecule has 100 valence electrons. The molecular formula is C12H19N3O3. The number of rotatable bonds is 7. The van der Waals surface area contributed by atoms with Crippen LogP contribution < -0.4 is 10.6 Å². The Bertz CT molecular complexity index is 379. The molecule has 0 bridgehead atoms. The first-order valence-electron chi connectivity index (χ1n) is 5.65. The number of anilines is 1. The molecule has 0 fully saturated rings. The minimum absolute atomic E-state index is 0.0751. The summed E-state index contributed by atoms with van der Waals surface area (Å²) in [6, 6.07) is 7.25. The number of hydrogen-bond donors (Lipinski definition) is 3. The fraction of sp³-hybridized carbons (Fsp3) is 0.417. The van der Waals surface area contributed by atoms with Crippen molar-refractivity contribution >= 4 is 11.5 Å². The van der Waals surface area contributed by atoms with Crippen LogP contribution in [0, 0.1) is 0 Å². The van der Waals surface area contributed by atoms with Crippen LogP contribution in [-0.2, 0) is 4.74 Å². The van der Waals surface area contributed by atoms with Crippen molar-refractivity contribution in [2.24, 2.45) is 10.9 Å². The third-order valence-electron chi connectivity index (χ3n) is 2.57. The van der Waals surface area contributed by atoms with Gasteiger partial charge >= 0.3 is 0 Å². The van der Waals surface area contributed by atoms with Gasteiger partial charge in [0.05, 0.1) is 13.2 Å². The lowest BCUT2D eigenvalue weighted by molar-refractivity contribution is 0.203. The van der Waals surface area contributed by atoms with E-state index in [4.69, 9.17) is 20.8 Å². The molecule has 0 aliphatic rings. The number of ether oxygens (including phenoxy) is 1. The summed E-state index contributed by atoms with van der Waals surface area (Å²) < 4.78 is 5.02. The Balaban J connectivity index is 2.79. The maximum atomic E-state index is 9.02. The molecule has 0 atom stereocenters. The predicted molar refractivity (Wildman–Crippen MR) is 70.1 cm³/mol. The fourth-order valence-electron chi connectivity index (χ4n) is 1.59. The van der Waals surface area contributed by atoms with Gasteiger partial charge in [-0.3, -0.25) is 0 Å². The maximum Gasteiger partial charge on any atom is 0.170 e. The SMILES string of the molecule is COCCN(CCO)c1ccc(/C(N)=N/O)cc1. The van der Waals surface area contributed by atoms with Crippen molar-refractivity contribution in [1.29, 1.82) is 0 Å². The molecule has 0 heterocycles. The van der Waals surface area contributed by atoms with Gasteiger partial charge < -0.3 is 25.7 Å². The lowest BCUT2D eigenvalue weighted by atomic mass is 10.2. The van der Waals surface area contributed by atoms with E-state index in [0.29, 0.717) is 25.3 Å². The van der Waals surface area contributed by atoms with E-state index in [1.807, 2.05) is 17.0 Å². The topological polar surface area (TPSA) is 91.3 Å². The van der Waals surface area contributed by atoms with Crippen LogP contribution in [0.25, 0.3) is 0 Å². The molecule has 0 saturated heterocycles. The molecular weight excluding hydrogens is 234 g/mol. The normalized spacial score (nSPS) is 11.6. The van der Waals surface area contributed by atoms with Crippen molar-refractivity contribution in [3.63, 3.8) is 0 Å². The standard InChI is InChI=1S/C12H19N3O3/c1-18-9-7-15(6-8-16)11-4-2-10(3-5-11)12(13)14-17/h2-5,16-17H,6-9H2,1H3,(H2,13,14). The average molecular weight is 253 g/mol. The lowest BCUT2D eigenvalue weighted by Gasteiger charge is -2.23. The number of benzene rings is 1. The Labute approximate surface area is 106 Å². The van der Waals surface area contributed by atoms with Crippen molar-refractivity contribution in [2.45, 2.75) is 0 Å². The molecule has 0 aliphatic heterocycles. The van der Waals surface area contributed by atoms with Crippen LogP contribution in [0.2, 0.25) is 0 Å². The van der Waals surface area contributed by atoms with Gasteiger partial charge in [0, 0.05) is 31.5 Å². The van der Waals surface area contributed by atoms with Crippen molar-refractivity contribution in [3.05, 3.63) is 29.8 Å². The Morgan fingerprint density at radius 3 is 2.50 bits per heavy atom. The highest BCUT2D eigenvalue weighted by molar-refractivity contribution is 5.97. The van der Waals surface area contributed by atoms with Gasteiger partial charge in [0.15, 0.2) is 5.84 Å². The van der Waals surface area contributed by atoms with Gasteiger partial charge in [0.25, 0.3) is 0 Å². The molecule has 6 nitrogen and oxygen atoms in total. The average Bonchev–Trinajstić information content (AvgIpc) is 2.43. The number of nitrogens with two attached hydrogens (primary N) is 1. The van der Waals surface area contributed by atoms with Crippen LogP contribution in [0.15, 0.2) is 29.4 Å². The summed E-state index contributed by atoms with van der Waals surface area (Å²) in [5.74, 6) is 0.0761. The van der Waals surface area contributed by atoms with E-state index >= 15 is 0 Å². The second kappa shape index (κ2) is 7.52. The van der Waals surface area contributed by atoms with Crippen LogP contribution in [-0.4, -0.2) is 49.6 Å². The Morgan fingerprint density at radius 1 is 1.33 bits per heavy atom. The summed E-state index contributed by atoms with van der Waals surface area (Å²) >= 11 is 0. The first-order chi connectivity index (χ1) is 8.72. The highest BCUT2D eigenvalue weighted by Crippen LogP contribution is 2.14. The molecule has 0 aromatic heterocycles. The molecule has 1 aromatic rings. The van der Waals surface area contributed by atoms with E-state index in [1.165, 1.54) is 0 Å². The summed E-state index contributed by atoms with van der Waals surface area (Å²) in [6.07, 6.45) is 0. The van der Waals surface area contributed by atoms with Crippen LogP contribution in [0.4, 0.5) is 5.69 Å². The number of nitrogens with zero attached hydrogens (tertiary/aromatic N) is 2. The Hall–Kier alpha value is -1.79. The van der Waals surface area contributed by atoms with E-state index in [9.17, 15) is 0 Å². The summed E-state index contributed by atoms with van der Waals surface area (Å²) in [5, 5.41) is 20.5. The van der Waals surface area contributed by atoms with E-state index in [1.54, 1.807) is 19.2 Å². The number of aliphatic hydroxyl groups excluding tert-OH is 1. The summed E-state index contributed by atoms with van der Waals surface area (Å²) in [5.41, 5.74) is 7.09. The third kappa shape index (κ3) is 3.90. The molecule has 1 rings (SSSR count). The second-order valence-corrected chi connectivity index (χ2v) is 3.74. The second-order valence-electron chi connectivity index (χ2n) is 3.74. The monoisotopic (exact) mass is 253 g/mol. The molecule has 6 heteroatoms. The molecule has 0 unspecified atom stereocenters. The molecule has 18 heavy (non-hydrogen) atoms. The highest BCUT2D eigenvalue weighted by Gasteiger charge is 2.06. The first-order valence-corrected chi connectivity index (χ1v) is 5.65. The largest absolute Gasteiger partial charge is 0.409 e. The van der Waals surface area contributed by atoms with Crippen LogP contribution in [0.5, 0.6) is 0 Å². The zero-order valence-electron chi connectivity index (χ0n) is 10.4. The summed E-state index contributed by atoms with van der Waals surface area (Å²) in [6.45, 7) is 1.89. The predicted octanol–water partition coefficient (Wildman–Crippen LogP) is 0.226. The highest BCUT2D eigenvalue weighted by atomic mass is 16.5. The van der Waals surface area contributed by atoms with Gasteiger partial charge in [-0.05, 0) is 24.3 Å². The van der Waals surface area contributed by atoms with Crippen molar-refractivity contribution in [1.82, 2.24) is 0 Å². The van der Waals surface area contributed by atoms with Gasteiger partial charge in [0.1, 0.15) is 0 Å².